The third-order valence-corrected chi connectivity index (χ3v) is 7.19. The molecule has 0 radical (unpaired) electrons. The molecule has 1 heterocycles. The molecule has 0 spiro atoms. The van der Waals surface area contributed by atoms with E-state index in [1.54, 1.807) is 23.1 Å². The van der Waals surface area contributed by atoms with E-state index in [2.05, 4.69) is 24.4 Å². The van der Waals surface area contributed by atoms with Gasteiger partial charge in [-0.1, -0.05) is 73.9 Å². The van der Waals surface area contributed by atoms with Crippen LogP contribution in [0.4, 0.5) is 5.69 Å². The summed E-state index contributed by atoms with van der Waals surface area (Å²) in [5, 5.41) is 3.20. The van der Waals surface area contributed by atoms with Gasteiger partial charge in [-0.15, -0.1) is 0 Å². The lowest BCUT2D eigenvalue weighted by Gasteiger charge is -2.30. The van der Waals surface area contributed by atoms with Crippen LogP contribution in [-0.2, 0) is 11.3 Å². The molecular formula is C31H32N2O3. The van der Waals surface area contributed by atoms with E-state index in [0.717, 1.165) is 29.7 Å². The number of amides is 2. The van der Waals surface area contributed by atoms with Crippen molar-refractivity contribution in [2.45, 2.75) is 52.1 Å². The summed E-state index contributed by atoms with van der Waals surface area (Å²) in [5.74, 6) is 1.17. The minimum atomic E-state index is -0.192. The molecule has 5 rings (SSSR count). The maximum absolute atomic E-state index is 13.5. The fourth-order valence-electron chi connectivity index (χ4n) is 4.96. The van der Waals surface area contributed by atoms with Gasteiger partial charge in [0.25, 0.3) is 11.8 Å². The lowest BCUT2D eigenvalue weighted by molar-refractivity contribution is -0.117. The number of nitrogens with one attached hydrogen (secondary N) is 1. The van der Waals surface area contributed by atoms with Gasteiger partial charge in [0, 0.05) is 11.6 Å². The maximum atomic E-state index is 13.5. The first-order chi connectivity index (χ1) is 17.5. The minimum Gasteiger partial charge on any atom is -0.449 e. The van der Waals surface area contributed by atoms with Gasteiger partial charge in [0.1, 0.15) is 0 Å². The Balaban J connectivity index is 1.35. The van der Waals surface area contributed by atoms with Crippen molar-refractivity contribution < 1.29 is 14.3 Å². The summed E-state index contributed by atoms with van der Waals surface area (Å²) in [6.45, 7) is 4.71. The maximum Gasteiger partial charge on any atom is 0.294 e. The molecule has 1 aliphatic heterocycles. The molecule has 2 amide bonds. The van der Waals surface area contributed by atoms with Crippen LogP contribution in [0.3, 0.4) is 0 Å². The summed E-state index contributed by atoms with van der Waals surface area (Å²) in [6.07, 6.45) is 6.35. The van der Waals surface area contributed by atoms with Crippen LogP contribution in [0.15, 0.2) is 78.6 Å². The lowest BCUT2D eigenvalue weighted by atomic mass is 9.86. The molecule has 3 aromatic rings. The van der Waals surface area contributed by atoms with Crippen LogP contribution in [0, 0.1) is 12.8 Å². The molecule has 0 aromatic heterocycles. The van der Waals surface area contributed by atoms with Gasteiger partial charge in [-0.25, -0.2) is 0 Å². The Morgan fingerprint density at radius 1 is 1.00 bits per heavy atom. The number of rotatable bonds is 5. The van der Waals surface area contributed by atoms with Crippen molar-refractivity contribution in [3.05, 3.63) is 101 Å². The Hall–Kier alpha value is -3.86. The van der Waals surface area contributed by atoms with Crippen LogP contribution >= 0.6 is 0 Å². The Morgan fingerprint density at radius 3 is 2.47 bits per heavy atom. The zero-order valence-corrected chi connectivity index (χ0v) is 20.9. The number of benzene rings is 3. The second kappa shape index (κ2) is 10.4. The zero-order chi connectivity index (χ0) is 25.1. The molecule has 0 unspecified atom stereocenters. The molecule has 36 heavy (non-hydrogen) atoms. The van der Waals surface area contributed by atoms with E-state index in [0.29, 0.717) is 23.8 Å². The fraction of sp³-hybridized carbons (Fsp3) is 0.290. The van der Waals surface area contributed by atoms with Crippen LogP contribution in [-0.4, -0.2) is 17.9 Å². The largest absolute Gasteiger partial charge is 0.449 e. The van der Waals surface area contributed by atoms with Crippen LogP contribution in [0.25, 0.3) is 6.08 Å². The van der Waals surface area contributed by atoms with Gasteiger partial charge in [0.2, 0.25) is 0 Å². The molecular weight excluding hydrogens is 448 g/mol. The van der Waals surface area contributed by atoms with Crippen LogP contribution in [0.2, 0.25) is 0 Å². The van der Waals surface area contributed by atoms with Crippen molar-refractivity contribution in [2.75, 3.05) is 4.90 Å². The van der Waals surface area contributed by atoms with Crippen LogP contribution < -0.4 is 15.0 Å². The normalized spacial score (nSPS) is 20.6. The molecule has 0 saturated heterocycles. The molecule has 5 nitrogen and oxygen atoms in total. The number of nitrogens with zero attached hydrogens (tertiary/aromatic N) is 1. The first-order valence-electron chi connectivity index (χ1n) is 12.7. The van der Waals surface area contributed by atoms with Gasteiger partial charge in [-0.3, -0.25) is 14.5 Å². The number of anilines is 1. The Kier molecular flexibility index (Phi) is 6.90. The first-order valence-corrected chi connectivity index (χ1v) is 12.7. The molecule has 3 aromatic carbocycles. The average Bonchev–Trinajstić information content (AvgIpc) is 2.89. The van der Waals surface area contributed by atoms with Gasteiger partial charge in [-0.05, 0) is 67.2 Å². The predicted octanol–water partition coefficient (Wildman–Crippen LogP) is 6.27. The SMILES string of the molecule is Cc1ccc(CN2C(=O)/C(=C\c3ccc(C(=O)N[C@H]4CCCC[C@@H]4C)cc3)Oc3ccccc32)cc1. The average molecular weight is 481 g/mol. The predicted molar refractivity (Wildman–Crippen MR) is 143 cm³/mol. The summed E-state index contributed by atoms with van der Waals surface area (Å²) in [5.41, 5.74) is 4.41. The molecule has 1 N–H and O–H groups in total. The summed E-state index contributed by atoms with van der Waals surface area (Å²) in [6, 6.07) is 23.3. The summed E-state index contributed by atoms with van der Waals surface area (Å²) >= 11 is 0. The summed E-state index contributed by atoms with van der Waals surface area (Å²) in [4.78, 5) is 28.0. The van der Waals surface area contributed by atoms with Crippen LogP contribution in [0.1, 0.15) is 59.7 Å². The number of fused-ring (bicyclic) bond motifs is 1. The highest BCUT2D eigenvalue weighted by atomic mass is 16.5. The van der Waals surface area contributed by atoms with E-state index in [4.69, 9.17) is 4.74 Å². The number of para-hydroxylation sites is 2. The third kappa shape index (κ3) is 5.20. The fourth-order valence-corrected chi connectivity index (χ4v) is 4.96. The number of hydrogen-bond acceptors (Lipinski definition) is 3. The molecule has 5 heteroatoms. The third-order valence-electron chi connectivity index (χ3n) is 7.19. The van der Waals surface area contributed by atoms with E-state index in [9.17, 15) is 9.59 Å². The van der Waals surface area contributed by atoms with E-state index < -0.39 is 0 Å². The minimum absolute atomic E-state index is 0.0452. The Bertz CT molecular complexity index is 1280. The van der Waals surface area contributed by atoms with Gasteiger partial charge < -0.3 is 10.1 Å². The molecule has 0 bridgehead atoms. The van der Waals surface area contributed by atoms with E-state index in [-0.39, 0.29) is 23.6 Å². The number of carbonyl (C=O) groups excluding carboxylic acids is 2. The van der Waals surface area contributed by atoms with Gasteiger partial charge in [-0.2, -0.15) is 0 Å². The highest BCUT2D eigenvalue weighted by molar-refractivity contribution is 6.09. The Labute approximate surface area is 212 Å². The van der Waals surface area contributed by atoms with Crippen LogP contribution in [0.5, 0.6) is 5.75 Å². The van der Waals surface area contributed by atoms with E-state index >= 15 is 0 Å². The number of hydrogen-bond donors (Lipinski definition) is 1. The van der Waals surface area contributed by atoms with E-state index in [1.807, 2.05) is 55.5 Å². The summed E-state index contributed by atoms with van der Waals surface area (Å²) in [7, 11) is 0. The van der Waals surface area contributed by atoms with Gasteiger partial charge in [0.05, 0.1) is 12.2 Å². The van der Waals surface area contributed by atoms with Gasteiger partial charge >= 0.3 is 0 Å². The second-order valence-electron chi connectivity index (χ2n) is 9.92. The smallest absolute Gasteiger partial charge is 0.294 e. The van der Waals surface area contributed by atoms with Crippen molar-refractivity contribution in [2.24, 2.45) is 5.92 Å². The number of carbonyl (C=O) groups is 2. The first kappa shape index (κ1) is 23.9. The second-order valence-corrected chi connectivity index (χ2v) is 9.92. The standard InChI is InChI=1S/C31H32N2O3/c1-21-11-13-24(14-12-21)20-33-27-9-5-6-10-28(27)36-29(31(33)35)19-23-15-17-25(18-16-23)30(34)32-26-8-4-3-7-22(26)2/h5-6,9-19,22,26H,3-4,7-8,20H2,1-2H3,(H,32,34)/b29-19+/t22-,26-/m0/s1. The molecule has 184 valence electrons. The van der Waals surface area contributed by atoms with Crippen molar-refractivity contribution >= 4 is 23.6 Å². The molecule has 1 saturated carbocycles. The molecule has 2 atom stereocenters. The number of ether oxygens (including phenoxy) is 1. The van der Waals surface area contributed by atoms with Gasteiger partial charge in [0.15, 0.2) is 11.5 Å². The lowest BCUT2D eigenvalue weighted by Crippen LogP contribution is -2.41. The Morgan fingerprint density at radius 2 is 1.72 bits per heavy atom. The van der Waals surface area contributed by atoms with Crippen molar-refractivity contribution in [3.63, 3.8) is 0 Å². The topological polar surface area (TPSA) is 58.6 Å². The van der Waals surface area contributed by atoms with Crippen molar-refractivity contribution in [1.82, 2.24) is 5.32 Å². The molecule has 1 aliphatic carbocycles. The van der Waals surface area contributed by atoms with E-state index in [1.165, 1.54) is 18.4 Å². The highest BCUT2D eigenvalue weighted by Crippen LogP contribution is 2.36. The van der Waals surface area contributed by atoms with Crippen molar-refractivity contribution in [1.29, 1.82) is 0 Å². The number of aryl methyl sites for hydroxylation is 1. The zero-order valence-electron chi connectivity index (χ0n) is 20.9. The monoisotopic (exact) mass is 480 g/mol. The molecule has 2 aliphatic rings. The molecule has 1 fully saturated rings. The highest BCUT2D eigenvalue weighted by Gasteiger charge is 2.30. The van der Waals surface area contributed by atoms with Crippen molar-refractivity contribution in [3.8, 4) is 5.75 Å². The quantitative estimate of drug-likeness (QED) is 0.438. The summed E-state index contributed by atoms with van der Waals surface area (Å²) < 4.78 is 6.02.